The van der Waals surface area contributed by atoms with Gasteiger partial charge in [-0.3, -0.25) is 4.79 Å². The van der Waals surface area contributed by atoms with E-state index in [1.165, 1.54) is 11.1 Å². The molecule has 0 saturated carbocycles. The molecule has 1 aliphatic rings. The van der Waals surface area contributed by atoms with Gasteiger partial charge in [0.25, 0.3) is 0 Å². The molecule has 4 nitrogen and oxygen atoms in total. The molecule has 2 aromatic carbocycles. The first-order valence-electron chi connectivity index (χ1n) is 9.01. The Bertz CT molecular complexity index is 1000. The van der Waals surface area contributed by atoms with Crippen LogP contribution in [0.1, 0.15) is 17.5 Å². The highest BCUT2D eigenvalue weighted by Crippen LogP contribution is 2.31. The van der Waals surface area contributed by atoms with E-state index in [2.05, 4.69) is 17.1 Å². The summed E-state index contributed by atoms with van der Waals surface area (Å²) in [7, 11) is 1.68. The van der Waals surface area contributed by atoms with Gasteiger partial charge in [0, 0.05) is 40.8 Å². The van der Waals surface area contributed by atoms with Gasteiger partial charge in [0.05, 0.1) is 13.5 Å². The number of benzene rings is 2. The maximum Gasteiger partial charge on any atom is 0.227 e. The molecule has 0 aliphatic carbocycles. The number of carbonyl (C=O) groups is 1. The van der Waals surface area contributed by atoms with Gasteiger partial charge < -0.3 is 14.6 Å². The molecule has 0 radical (unpaired) electrons. The lowest BCUT2D eigenvalue weighted by atomic mass is 9.98. The molecule has 0 unspecified atom stereocenters. The van der Waals surface area contributed by atoms with Crippen LogP contribution in [0.15, 0.2) is 54.7 Å². The second-order valence-electron chi connectivity index (χ2n) is 6.74. The number of H-pyrrole nitrogens is 1. The van der Waals surface area contributed by atoms with E-state index in [0.717, 1.165) is 35.2 Å². The van der Waals surface area contributed by atoms with E-state index >= 15 is 0 Å². The fraction of sp³-hybridized carbons (Fsp3) is 0.227. The summed E-state index contributed by atoms with van der Waals surface area (Å²) < 4.78 is 5.35. The van der Waals surface area contributed by atoms with Gasteiger partial charge in [-0.05, 0) is 47.9 Å². The van der Waals surface area contributed by atoms with Crippen molar-refractivity contribution in [2.75, 3.05) is 20.2 Å². The molecule has 5 heteroatoms. The number of fused-ring (bicyclic) bond motifs is 1. The Morgan fingerprint density at radius 3 is 2.74 bits per heavy atom. The number of hydrogen-bond donors (Lipinski definition) is 1. The zero-order valence-corrected chi connectivity index (χ0v) is 15.9. The van der Waals surface area contributed by atoms with Gasteiger partial charge in [-0.25, -0.2) is 0 Å². The number of nitrogens with one attached hydrogen (secondary N) is 1. The first-order valence-corrected chi connectivity index (χ1v) is 9.38. The van der Waals surface area contributed by atoms with Gasteiger partial charge in [-0.1, -0.05) is 29.8 Å². The molecule has 3 aromatic rings. The van der Waals surface area contributed by atoms with Crippen LogP contribution >= 0.6 is 11.6 Å². The van der Waals surface area contributed by atoms with Crippen LogP contribution in [-0.4, -0.2) is 36.0 Å². The van der Waals surface area contributed by atoms with Crippen LogP contribution in [0, 0.1) is 0 Å². The molecule has 138 valence electrons. The van der Waals surface area contributed by atoms with Crippen LogP contribution in [0.2, 0.25) is 5.02 Å². The van der Waals surface area contributed by atoms with E-state index in [9.17, 15) is 4.79 Å². The Morgan fingerprint density at radius 1 is 1.22 bits per heavy atom. The number of methoxy groups -OCH3 is 1. The number of rotatable bonds is 4. The number of amides is 1. The van der Waals surface area contributed by atoms with Crippen molar-refractivity contribution in [3.8, 4) is 5.75 Å². The fourth-order valence-electron chi connectivity index (χ4n) is 3.52. The quantitative estimate of drug-likeness (QED) is 0.713. The summed E-state index contributed by atoms with van der Waals surface area (Å²) in [4.78, 5) is 17.8. The first kappa shape index (κ1) is 17.7. The van der Waals surface area contributed by atoms with Gasteiger partial charge in [0.1, 0.15) is 5.75 Å². The maximum atomic E-state index is 12.6. The van der Waals surface area contributed by atoms with E-state index in [4.69, 9.17) is 16.3 Å². The topological polar surface area (TPSA) is 45.3 Å². The third kappa shape index (κ3) is 3.71. The highest BCUT2D eigenvalue weighted by molar-refractivity contribution is 6.30. The summed E-state index contributed by atoms with van der Waals surface area (Å²) in [5, 5.41) is 1.84. The van der Waals surface area contributed by atoms with Crippen LogP contribution in [0.4, 0.5) is 0 Å². The number of aromatic nitrogens is 1. The van der Waals surface area contributed by atoms with E-state index in [1.807, 2.05) is 47.5 Å². The van der Waals surface area contributed by atoms with Crippen molar-refractivity contribution in [3.05, 3.63) is 70.9 Å². The van der Waals surface area contributed by atoms with E-state index < -0.39 is 0 Å². The van der Waals surface area contributed by atoms with Crippen molar-refractivity contribution in [2.24, 2.45) is 0 Å². The van der Waals surface area contributed by atoms with Crippen molar-refractivity contribution < 1.29 is 9.53 Å². The molecular weight excluding hydrogens is 360 g/mol. The monoisotopic (exact) mass is 380 g/mol. The maximum absolute atomic E-state index is 12.6. The first-order chi connectivity index (χ1) is 13.1. The predicted molar refractivity (Wildman–Crippen MR) is 109 cm³/mol. The molecule has 4 rings (SSSR count). The Labute approximate surface area is 163 Å². The molecule has 0 bridgehead atoms. The lowest BCUT2D eigenvalue weighted by Crippen LogP contribution is -2.35. The zero-order valence-electron chi connectivity index (χ0n) is 15.2. The zero-order chi connectivity index (χ0) is 18.8. The molecular formula is C22H21ClN2O2. The van der Waals surface area contributed by atoms with Crippen molar-refractivity contribution in [1.29, 1.82) is 0 Å². The number of halogens is 1. The van der Waals surface area contributed by atoms with Crippen LogP contribution < -0.4 is 4.74 Å². The largest absolute Gasteiger partial charge is 0.497 e. The molecule has 2 heterocycles. The summed E-state index contributed by atoms with van der Waals surface area (Å²) in [5.41, 5.74) is 4.54. The van der Waals surface area contributed by atoms with E-state index in [-0.39, 0.29) is 5.91 Å². The third-order valence-electron chi connectivity index (χ3n) is 5.07. The highest BCUT2D eigenvalue weighted by atomic mass is 35.5. The van der Waals surface area contributed by atoms with Gasteiger partial charge in [0.2, 0.25) is 5.91 Å². The summed E-state index contributed by atoms with van der Waals surface area (Å²) in [6, 6.07) is 13.5. The smallest absolute Gasteiger partial charge is 0.227 e. The van der Waals surface area contributed by atoms with Crippen molar-refractivity contribution in [1.82, 2.24) is 9.88 Å². The Hall–Kier alpha value is -2.72. The number of carbonyl (C=O) groups excluding carboxylic acids is 1. The number of aromatic amines is 1. The molecule has 0 saturated heterocycles. The fourth-order valence-corrected chi connectivity index (χ4v) is 3.65. The molecule has 1 amide bonds. The van der Waals surface area contributed by atoms with Crippen molar-refractivity contribution in [2.45, 2.75) is 12.8 Å². The normalized spacial score (nSPS) is 14.3. The van der Waals surface area contributed by atoms with Crippen molar-refractivity contribution >= 4 is 34.0 Å². The van der Waals surface area contributed by atoms with E-state index in [0.29, 0.717) is 18.0 Å². The Kier molecular flexibility index (Phi) is 4.90. The average molecular weight is 381 g/mol. The van der Waals surface area contributed by atoms with Gasteiger partial charge in [-0.2, -0.15) is 0 Å². The number of ether oxygens (including phenoxy) is 1. The number of nitrogens with zero attached hydrogens (tertiary/aromatic N) is 1. The van der Waals surface area contributed by atoms with Crippen LogP contribution in [0.25, 0.3) is 16.5 Å². The lowest BCUT2D eigenvalue weighted by molar-refractivity contribution is -0.130. The predicted octanol–water partition coefficient (Wildman–Crippen LogP) is 4.69. The molecule has 27 heavy (non-hydrogen) atoms. The van der Waals surface area contributed by atoms with Crippen LogP contribution in [0.5, 0.6) is 5.75 Å². The molecule has 1 N–H and O–H groups in total. The van der Waals surface area contributed by atoms with Crippen molar-refractivity contribution in [3.63, 3.8) is 0 Å². The second-order valence-corrected chi connectivity index (χ2v) is 7.17. The molecule has 1 aromatic heterocycles. The highest BCUT2D eigenvalue weighted by Gasteiger charge is 2.19. The van der Waals surface area contributed by atoms with E-state index in [1.54, 1.807) is 7.11 Å². The Balaban J connectivity index is 1.48. The summed E-state index contributed by atoms with van der Waals surface area (Å²) in [5.74, 6) is 0.993. The molecule has 1 aliphatic heterocycles. The Morgan fingerprint density at radius 2 is 2.04 bits per heavy atom. The summed E-state index contributed by atoms with van der Waals surface area (Å²) in [6.45, 7) is 1.37. The minimum Gasteiger partial charge on any atom is -0.497 e. The molecule has 0 fully saturated rings. The SMILES string of the molecule is COc1ccc2[nH]cc(C3=CCN(C(=O)Cc4ccc(Cl)cc4)CC3)c2c1. The van der Waals surface area contributed by atoms with Gasteiger partial charge in [-0.15, -0.1) is 0 Å². The minimum atomic E-state index is 0.146. The summed E-state index contributed by atoms with van der Waals surface area (Å²) >= 11 is 5.91. The standard InChI is InChI=1S/C22H21ClN2O2/c1-27-18-6-7-21-19(13-18)20(14-24-21)16-8-10-25(11-9-16)22(26)12-15-2-4-17(23)5-3-15/h2-8,13-14,24H,9-12H2,1H3. The van der Waals surface area contributed by atoms with Gasteiger partial charge in [0.15, 0.2) is 0 Å². The summed E-state index contributed by atoms with van der Waals surface area (Å²) in [6.07, 6.45) is 5.45. The average Bonchev–Trinajstić information content (AvgIpc) is 3.13. The second kappa shape index (κ2) is 7.49. The minimum absolute atomic E-state index is 0.146. The van der Waals surface area contributed by atoms with Crippen LogP contribution in [0.3, 0.4) is 0 Å². The third-order valence-corrected chi connectivity index (χ3v) is 5.32. The molecule has 0 spiro atoms. The van der Waals surface area contributed by atoms with Crippen LogP contribution in [-0.2, 0) is 11.2 Å². The molecule has 0 atom stereocenters. The van der Waals surface area contributed by atoms with Gasteiger partial charge >= 0.3 is 0 Å². The lowest BCUT2D eigenvalue weighted by Gasteiger charge is -2.26. The number of hydrogen-bond acceptors (Lipinski definition) is 2.